The molecule has 1 aliphatic heterocycles. The number of ether oxygens (including phenoxy) is 2. The van der Waals surface area contributed by atoms with Gasteiger partial charge in [0.25, 0.3) is 5.56 Å². The zero-order valence-electron chi connectivity index (χ0n) is 13.6. The second-order valence-corrected chi connectivity index (χ2v) is 6.24. The quantitative estimate of drug-likeness (QED) is 0.759. The predicted molar refractivity (Wildman–Crippen MR) is 95.4 cm³/mol. The molecular formula is C18H14ClN3O4. The highest BCUT2D eigenvalue weighted by Crippen LogP contribution is 2.32. The number of benzene rings is 2. The maximum absolute atomic E-state index is 12.5. The van der Waals surface area contributed by atoms with Crippen LogP contribution in [0.15, 0.2) is 47.5 Å². The first-order valence-corrected chi connectivity index (χ1v) is 8.28. The van der Waals surface area contributed by atoms with Gasteiger partial charge in [0.1, 0.15) is 6.54 Å². The zero-order chi connectivity index (χ0) is 18.1. The first kappa shape index (κ1) is 16.4. The highest BCUT2D eigenvalue weighted by molar-refractivity contribution is 6.31. The number of rotatable bonds is 4. The third-order valence-electron chi connectivity index (χ3n) is 4.03. The molecule has 1 N–H and O–H groups in total. The molecule has 1 aromatic heterocycles. The molecule has 0 bridgehead atoms. The smallest absolute Gasteiger partial charge is 0.261 e. The van der Waals surface area contributed by atoms with Gasteiger partial charge in [-0.05, 0) is 35.9 Å². The van der Waals surface area contributed by atoms with E-state index in [1.165, 1.54) is 10.9 Å². The Morgan fingerprint density at radius 1 is 1.19 bits per heavy atom. The number of nitrogens with zero attached hydrogens (tertiary/aromatic N) is 2. The minimum absolute atomic E-state index is 0.126. The Hall–Kier alpha value is -3.06. The lowest BCUT2D eigenvalue weighted by Crippen LogP contribution is -2.32. The monoisotopic (exact) mass is 371 g/mol. The van der Waals surface area contributed by atoms with Gasteiger partial charge in [0.05, 0.1) is 17.2 Å². The van der Waals surface area contributed by atoms with Crippen LogP contribution >= 0.6 is 11.6 Å². The number of carbonyl (C=O) groups is 1. The Morgan fingerprint density at radius 3 is 2.92 bits per heavy atom. The van der Waals surface area contributed by atoms with Crippen LogP contribution < -0.4 is 20.3 Å². The molecule has 2 aromatic carbocycles. The number of hydrogen-bond acceptors (Lipinski definition) is 5. The third kappa shape index (κ3) is 3.21. The number of nitrogens with one attached hydrogen (secondary N) is 1. The summed E-state index contributed by atoms with van der Waals surface area (Å²) in [6.07, 6.45) is 1.36. The first-order chi connectivity index (χ1) is 12.6. The topological polar surface area (TPSA) is 82.5 Å². The molecule has 1 amide bonds. The molecule has 1 aliphatic rings. The summed E-state index contributed by atoms with van der Waals surface area (Å²) < 4.78 is 11.8. The predicted octanol–water partition coefficient (Wildman–Crippen LogP) is 2.09. The third-order valence-corrected chi connectivity index (χ3v) is 4.26. The zero-order valence-corrected chi connectivity index (χ0v) is 14.3. The SMILES string of the molecule is O=C(Cn1cnc2ccc(Cl)cc2c1=O)NCc1ccc2c(c1)OCO2. The van der Waals surface area contributed by atoms with Gasteiger partial charge in [-0.25, -0.2) is 4.98 Å². The van der Waals surface area contributed by atoms with Crippen LogP contribution in [0, 0.1) is 0 Å². The van der Waals surface area contributed by atoms with Gasteiger partial charge in [-0.1, -0.05) is 17.7 Å². The average molecular weight is 372 g/mol. The van der Waals surface area contributed by atoms with Crippen LogP contribution in [0.4, 0.5) is 0 Å². The van der Waals surface area contributed by atoms with E-state index in [1.807, 2.05) is 12.1 Å². The van der Waals surface area contributed by atoms with Gasteiger partial charge in [0, 0.05) is 11.6 Å². The summed E-state index contributed by atoms with van der Waals surface area (Å²) in [6.45, 7) is 0.392. The largest absolute Gasteiger partial charge is 0.454 e. The number of amides is 1. The molecule has 0 saturated carbocycles. The van der Waals surface area contributed by atoms with Crippen molar-refractivity contribution < 1.29 is 14.3 Å². The maximum Gasteiger partial charge on any atom is 0.261 e. The standard InChI is InChI=1S/C18H14ClN3O4/c19-12-2-3-14-13(6-12)18(24)22(9-21-14)8-17(23)20-7-11-1-4-15-16(5-11)26-10-25-15/h1-6,9H,7-8,10H2,(H,20,23). The van der Waals surface area contributed by atoms with E-state index in [2.05, 4.69) is 10.3 Å². The molecule has 0 aliphatic carbocycles. The lowest BCUT2D eigenvalue weighted by Gasteiger charge is -2.09. The van der Waals surface area contributed by atoms with Gasteiger partial charge in [-0.3, -0.25) is 14.2 Å². The number of aromatic nitrogens is 2. The Morgan fingerprint density at radius 2 is 2.04 bits per heavy atom. The number of halogens is 1. The van der Waals surface area contributed by atoms with Crippen molar-refractivity contribution in [2.24, 2.45) is 0 Å². The molecule has 132 valence electrons. The van der Waals surface area contributed by atoms with Gasteiger partial charge in [-0.15, -0.1) is 0 Å². The second kappa shape index (κ2) is 6.68. The molecule has 7 nitrogen and oxygen atoms in total. The van der Waals surface area contributed by atoms with Crippen LogP contribution in [-0.2, 0) is 17.9 Å². The molecule has 0 fully saturated rings. The van der Waals surface area contributed by atoms with E-state index >= 15 is 0 Å². The van der Waals surface area contributed by atoms with Gasteiger partial charge >= 0.3 is 0 Å². The Balaban J connectivity index is 1.46. The van der Waals surface area contributed by atoms with Crippen LogP contribution in [0.1, 0.15) is 5.56 Å². The second-order valence-electron chi connectivity index (χ2n) is 5.80. The minimum atomic E-state index is -0.310. The fraction of sp³-hybridized carbons (Fsp3) is 0.167. The first-order valence-electron chi connectivity index (χ1n) is 7.90. The van der Waals surface area contributed by atoms with Crippen molar-refractivity contribution in [2.45, 2.75) is 13.1 Å². The molecule has 0 atom stereocenters. The van der Waals surface area contributed by atoms with Gasteiger partial charge < -0.3 is 14.8 Å². The van der Waals surface area contributed by atoms with Crippen molar-refractivity contribution in [1.29, 1.82) is 0 Å². The van der Waals surface area contributed by atoms with Crippen molar-refractivity contribution in [3.63, 3.8) is 0 Å². The Kier molecular flexibility index (Phi) is 4.22. The van der Waals surface area contributed by atoms with Gasteiger partial charge in [0.15, 0.2) is 11.5 Å². The molecule has 4 rings (SSSR count). The highest BCUT2D eigenvalue weighted by Gasteiger charge is 2.14. The number of carbonyl (C=O) groups excluding carboxylic acids is 1. The van der Waals surface area contributed by atoms with E-state index in [4.69, 9.17) is 21.1 Å². The van der Waals surface area contributed by atoms with E-state index in [1.54, 1.807) is 24.3 Å². The van der Waals surface area contributed by atoms with E-state index < -0.39 is 0 Å². The van der Waals surface area contributed by atoms with Crippen LogP contribution in [0.3, 0.4) is 0 Å². The normalized spacial score (nSPS) is 12.3. The summed E-state index contributed by atoms with van der Waals surface area (Å²) in [4.78, 5) is 28.9. The molecule has 0 unspecified atom stereocenters. The van der Waals surface area contributed by atoms with Crippen molar-refractivity contribution in [3.05, 3.63) is 63.7 Å². The molecule has 3 aromatic rings. The van der Waals surface area contributed by atoms with Crippen molar-refractivity contribution >= 4 is 28.4 Å². The summed E-state index contributed by atoms with van der Waals surface area (Å²) in [5, 5.41) is 3.60. The van der Waals surface area contributed by atoms with Crippen LogP contribution in [-0.4, -0.2) is 22.3 Å². The fourth-order valence-corrected chi connectivity index (χ4v) is 2.88. The van der Waals surface area contributed by atoms with Gasteiger partial charge in [-0.2, -0.15) is 0 Å². The summed E-state index contributed by atoms with van der Waals surface area (Å²) in [5.41, 5.74) is 1.10. The summed E-state index contributed by atoms with van der Waals surface area (Å²) >= 11 is 5.93. The fourth-order valence-electron chi connectivity index (χ4n) is 2.71. The molecule has 0 spiro atoms. The highest BCUT2D eigenvalue weighted by atomic mass is 35.5. The van der Waals surface area contributed by atoms with E-state index in [0.717, 1.165) is 5.56 Å². The van der Waals surface area contributed by atoms with E-state index in [9.17, 15) is 9.59 Å². The average Bonchev–Trinajstić information content (AvgIpc) is 3.10. The summed E-state index contributed by atoms with van der Waals surface area (Å²) in [5.74, 6) is 1.05. The molecule has 2 heterocycles. The van der Waals surface area contributed by atoms with E-state index in [0.29, 0.717) is 34.0 Å². The van der Waals surface area contributed by atoms with Crippen LogP contribution in [0.2, 0.25) is 5.02 Å². The summed E-state index contributed by atoms with van der Waals surface area (Å²) in [6, 6.07) is 10.3. The van der Waals surface area contributed by atoms with Crippen LogP contribution in [0.5, 0.6) is 11.5 Å². The van der Waals surface area contributed by atoms with Crippen LogP contribution in [0.25, 0.3) is 10.9 Å². The van der Waals surface area contributed by atoms with Crippen molar-refractivity contribution in [3.8, 4) is 11.5 Å². The molecule has 26 heavy (non-hydrogen) atoms. The lowest BCUT2D eigenvalue weighted by molar-refractivity contribution is -0.121. The summed E-state index contributed by atoms with van der Waals surface area (Å²) in [7, 11) is 0. The molecule has 0 saturated heterocycles. The minimum Gasteiger partial charge on any atom is -0.454 e. The lowest BCUT2D eigenvalue weighted by atomic mass is 10.2. The van der Waals surface area contributed by atoms with E-state index in [-0.39, 0.29) is 24.8 Å². The number of fused-ring (bicyclic) bond motifs is 2. The molecule has 0 radical (unpaired) electrons. The maximum atomic E-state index is 12.5. The van der Waals surface area contributed by atoms with Gasteiger partial charge in [0.2, 0.25) is 12.7 Å². The van der Waals surface area contributed by atoms with Crippen molar-refractivity contribution in [1.82, 2.24) is 14.9 Å². The molecule has 8 heteroatoms. The Bertz CT molecular complexity index is 1060. The van der Waals surface area contributed by atoms with Crippen molar-refractivity contribution in [2.75, 3.05) is 6.79 Å². The Labute approximate surface area is 153 Å². The molecular weight excluding hydrogens is 358 g/mol. The number of hydrogen-bond donors (Lipinski definition) is 1.